The van der Waals surface area contributed by atoms with Gasteiger partial charge in [-0.1, -0.05) is 12.1 Å². The molecular weight excluding hydrogens is 322 g/mol. The van der Waals surface area contributed by atoms with E-state index in [9.17, 15) is 13.2 Å². The van der Waals surface area contributed by atoms with E-state index in [1.165, 1.54) is 0 Å². The Morgan fingerprint density at radius 3 is 2.78 bits per heavy atom. The lowest BCUT2D eigenvalue weighted by Gasteiger charge is -2.08. The largest absolute Gasteiger partial charge is 0.379 e. The molecule has 0 aliphatic heterocycles. The van der Waals surface area contributed by atoms with Gasteiger partial charge >= 0.3 is 0 Å². The average Bonchev–Trinajstić information content (AvgIpc) is 2.84. The molecule has 1 amide bonds. The lowest BCUT2D eigenvalue weighted by atomic mass is 10.3. The Labute approximate surface area is 136 Å². The number of nitrogens with zero attached hydrogens (tertiary/aromatic N) is 2. The fourth-order valence-electron chi connectivity index (χ4n) is 1.78. The van der Waals surface area contributed by atoms with E-state index in [1.807, 2.05) is 20.8 Å². The van der Waals surface area contributed by atoms with Crippen molar-refractivity contribution in [1.29, 1.82) is 0 Å². The summed E-state index contributed by atoms with van der Waals surface area (Å²) in [5.41, 5.74) is 0. The van der Waals surface area contributed by atoms with Crippen LogP contribution in [0.25, 0.3) is 0 Å². The van der Waals surface area contributed by atoms with Crippen LogP contribution in [0.2, 0.25) is 0 Å². The van der Waals surface area contributed by atoms with Gasteiger partial charge in [0, 0.05) is 19.6 Å². The van der Waals surface area contributed by atoms with Crippen molar-refractivity contribution in [3.05, 3.63) is 11.7 Å². The maximum absolute atomic E-state index is 11.9. The van der Waals surface area contributed by atoms with Crippen LogP contribution < -0.4 is 5.32 Å². The van der Waals surface area contributed by atoms with E-state index in [-0.39, 0.29) is 12.0 Å². The molecule has 0 fully saturated rings. The maximum Gasteiger partial charge on any atom is 0.241 e. The number of aryl methyl sites for hydroxylation is 1. The molecule has 0 atom stereocenters. The standard InChI is InChI=1S/C14H25N3O5S/c1-4-6-12-16-14(22-17-12)10-23(19,20)9-13(18)15-7-5-8-21-11(2)3/h11H,4-10H2,1-3H3,(H,15,18). The number of nitrogens with one attached hydrogen (secondary N) is 1. The maximum atomic E-state index is 11.9. The Hall–Kier alpha value is -1.48. The van der Waals surface area contributed by atoms with Gasteiger partial charge in [0.15, 0.2) is 15.7 Å². The molecule has 0 saturated carbocycles. The fraction of sp³-hybridized carbons (Fsp3) is 0.786. The topological polar surface area (TPSA) is 111 Å². The highest BCUT2D eigenvalue weighted by Gasteiger charge is 2.20. The van der Waals surface area contributed by atoms with Crippen molar-refractivity contribution in [2.24, 2.45) is 0 Å². The zero-order chi connectivity index (χ0) is 17.3. The summed E-state index contributed by atoms with van der Waals surface area (Å²) in [6, 6.07) is 0. The third-order valence-electron chi connectivity index (χ3n) is 2.77. The second-order valence-corrected chi connectivity index (χ2v) is 7.57. The molecule has 0 spiro atoms. The summed E-state index contributed by atoms with van der Waals surface area (Å²) in [5.74, 6) is -1.06. The van der Waals surface area contributed by atoms with Gasteiger partial charge in [0.2, 0.25) is 11.8 Å². The lowest BCUT2D eigenvalue weighted by Crippen LogP contribution is -2.32. The molecule has 132 valence electrons. The van der Waals surface area contributed by atoms with Gasteiger partial charge in [-0.15, -0.1) is 0 Å². The van der Waals surface area contributed by atoms with E-state index in [0.29, 0.717) is 31.8 Å². The fourth-order valence-corrected chi connectivity index (χ4v) is 2.88. The van der Waals surface area contributed by atoms with Crippen molar-refractivity contribution in [3.63, 3.8) is 0 Å². The van der Waals surface area contributed by atoms with Crippen molar-refractivity contribution in [1.82, 2.24) is 15.5 Å². The summed E-state index contributed by atoms with van der Waals surface area (Å²) in [7, 11) is -3.63. The molecule has 9 heteroatoms. The molecule has 0 aromatic carbocycles. The molecule has 0 bridgehead atoms. The second kappa shape index (κ2) is 9.61. The van der Waals surface area contributed by atoms with Crippen LogP contribution in [-0.2, 0) is 31.5 Å². The smallest absolute Gasteiger partial charge is 0.241 e. The van der Waals surface area contributed by atoms with Crippen molar-refractivity contribution in [2.45, 2.75) is 51.9 Å². The number of hydrogen-bond donors (Lipinski definition) is 1. The molecule has 1 aromatic heterocycles. The van der Waals surface area contributed by atoms with E-state index in [2.05, 4.69) is 15.5 Å². The average molecular weight is 347 g/mol. The quantitative estimate of drug-likeness (QED) is 0.591. The number of amides is 1. The Balaban J connectivity index is 2.34. The number of sulfone groups is 1. The number of ether oxygens (including phenoxy) is 1. The highest BCUT2D eigenvalue weighted by atomic mass is 32.2. The highest BCUT2D eigenvalue weighted by Crippen LogP contribution is 2.06. The van der Waals surface area contributed by atoms with Crippen LogP contribution in [-0.4, -0.2) is 49.5 Å². The molecule has 23 heavy (non-hydrogen) atoms. The number of aromatic nitrogens is 2. The summed E-state index contributed by atoms with van der Waals surface area (Å²) in [4.78, 5) is 15.6. The van der Waals surface area contributed by atoms with Gasteiger partial charge in [-0.25, -0.2) is 8.42 Å². The first kappa shape index (κ1) is 19.6. The lowest BCUT2D eigenvalue weighted by molar-refractivity contribution is -0.118. The van der Waals surface area contributed by atoms with E-state index >= 15 is 0 Å². The highest BCUT2D eigenvalue weighted by molar-refractivity contribution is 7.91. The Morgan fingerprint density at radius 2 is 2.13 bits per heavy atom. The SMILES string of the molecule is CCCc1noc(CS(=O)(=O)CC(=O)NCCCOC(C)C)n1. The van der Waals surface area contributed by atoms with Gasteiger partial charge in [-0.3, -0.25) is 4.79 Å². The summed E-state index contributed by atoms with van der Waals surface area (Å²) in [6.45, 7) is 6.71. The first-order valence-corrected chi connectivity index (χ1v) is 9.54. The number of carbonyl (C=O) groups excluding carboxylic acids is 1. The molecule has 8 nitrogen and oxygen atoms in total. The first-order valence-electron chi connectivity index (χ1n) is 7.72. The third kappa shape index (κ3) is 8.65. The molecule has 1 heterocycles. The zero-order valence-electron chi connectivity index (χ0n) is 13.9. The van der Waals surface area contributed by atoms with Crippen LogP contribution in [0.1, 0.15) is 45.3 Å². The number of rotatable bonds is 11. The predicted molar refractivity (Wildman–Crippen MR) is 84.5 cm³/mol. The van der Waals surface area contributed by atoms with Gasteiger partial charge in [0.05, 0.1) is 6.10 Å². The first-order chi connectivity index (χ1) is 10.8. The molecule has 1 aromatic rings. The van der Waals surface area contributed by atoms with Crippen LogP contribution in [0.3, 0.4) is 0 Å². The minimum Gasteiger partial charge on any atom is -0.379 e. The summed E-state index contributed by atoms with van der Waals surface area (Å²) < 4.78 is 34.1. The van der Waals surface area contributed by atoms with Gasteiger partial charge in [-0.05, 0) is 26.7 Å². The van der Waals surface area contributed by atoms with Crippen LogP contribution in [0.15, 0.2) is 4.52 Å². The molecule has 0 saturated heterocycles. The normalized spacial score (nSPS) is 11.8. The van der Waals surface area contributed by atoms with Crippen LogP contribution in [0.4, 0.5) is 0 Å². The number of carbonyl (C=O) groups is 1. The molecule has 0 radical (unpaired) electrons. The summed E-state index contributed by atoms with van der Waals surface area (Å²) in [6.07, 6.45) is 2.24. The van der Waals surface area contributed by atoms with E-state index < -0.39 is 27.3 Å². The van der Waals surface area contributed by atoms with E-state index in [0.717, 1.165) is 6.42 Å². The van der Waals surface area contributed by atoms with Gasteiger partial charge < -0.3 is 14.6 Å². The van der Waals surface area contributed by atoms with Crippen LogP contribution in [0.5, 0.6) is 0 Å². The van der Waals surface area contributed by atoms with Gasteiger partial charge in [0.25, 0.3) is 0 Å². The van der Waals surface area contributed by atoms with Crippen LogP contribution in [0, 0.1) is 0 Å². The van der Waals surface area contributed by atoms with Crippen molar-refractivity contribution in [3.8, 4) is 0 Å². The molecule has 0 aliphatic carbocycles. The molecule has 1 rings (SSSR count). The van der Waals surface area contributed by atoms with Gasteiger partial charge in [0.1, 0.15) is 11.5 Å². The second-order valence-electron chi connectivity index (χ2n) is 5.51. The Bertz CT molecular complexity index is 583. The third-order valence-corrected chi connectivity index (χ3v) is 4.16. The minimum atomic E-state index is -3.63. The Morgan fingerprint density at radius 1 is 1.39 bits per heavy atom. The summed E-state index contributed by atoms with van der Waals surface area (Å²) in [5, 5.41) is 6.25. The predicted octanol–water partition coefficient (Wildman–Crippen LogP) is 0.868. The Kier molecular flexibility index (Phi) is 8.18. The summed E-state index contributed by atoms with van der Waals surface area (Å²) >= 11 is 0. The molecule has 0 unspecified atom stereocenters. The van der Waals surface area contributed by atoms with Crippen molar-refractivity contribution in [2.75, 3.05) is 18.9 Å². The van der Waals surface area contributed by atoms with Crippen molar-refractivity contribution >= 4 is 15.7 Å². The van der Waals surface area contributed by atoms with Crippen LogP contribution >= 0.6 is 0 Å². The molecular formula is C14H25N3O5S. The van der Waals surface area contributed by atoms with E-state index in [1.54, 1.807) is 0 Å². The molecule has 0 aliphatic rings. The van der Waals surface area contributed by atoms with Crippen molar-refractivity contribution < 1.29 is 22.5 Å². The number of hydrogen-bond acceptors (Lipinski definition) is 7. The molecule has 1 N–H and O–H groups in total. The van der Waals surface area contributed by atoms with Gasteiger partial charge in [-0.2, -0.15) is 4.98 Å². The van der Waals surface area contributed by atoms with E-state index in [4.69, 9.17) is 9.26 Å². The monoisotopic (exact) mass is 347 g/mol. The minimum absolute atomic E-state index is 0.0200. The zero-order valence-corrected chi connectivity index (χ0v) is 14.7.